The summed E-state index contributed by atoms with van der Waals surface area (Å²) in [5.41, 5.74) is 3.06. The molecule has 7 heteroatoms. The van der Waals surface area contributed by atoms with Crippen LogP contribution in [0.5, 0.6) is 0 Å². The Balaban J connectivity index is 2.66. The summed E-state index contributed by atoms with van der Waals surface area (Å²) in [4.78, 5) is 43.3. The van der Waals surface area contributed by atoms with Crippen molar-refractivity contribution < 1.29 is 19.1 Å². The number of amides is 3. The third-order valence-corrected chi connectivity index (χ3v) is 6.97. The second-order valence-electron chi connectivity index (χ2n) is 12.9. The van der Waals surface area contributed by atoms with Crippen LogP contribution >= 0.6 is 0 Å². The van der Waals surface area contributed by atoms with E-state index in [-0.39, 0.29) is 30.3 Å². The highest BCUT2D eigenvalue weighted by Crippen LogP contribution is 2.29. The van der Waals surface area contributed by atoms with Crippen LogP contribution in [-0.4, -0.2) is 46.5 Å². The fourth-order valence-electron chi connectivity index (χ4n) is 4.73. The minimum atomic E-state index is -0.936. The number of rotatable bonds is 12. The molecule has 0 aliphatic carbocycles. The summed E-state index contributed by atoms with van der Waals surface area (Å²) in [6.07, 6.45) is 1.19. The first-order chi connectivity index (χ1) is 19.1. The van der Waals surface area contributed by atoms with E-state index in [2.05, 4.69) is 24.5 Å². The lowest BCUT2D eigenvalue weighted by molar-refractivity contribution is -0.145. The van der Waals surface area contributed by atoms with Gasteiger partial charge in [-0.05, 0) is 96.4 Å². The molecule has 0 aromatic heterocycles. The Hall–Kier alpha value is -3.35. The number of carbonyl (C=O) groups is 3. The van der Waals surface area contributed by atoms with E-state index in [1.54, 1.807) is 25.7 Å². The van der Waals surface area contributed by atoms with E-state index in [0.717, 1.165) is 28.7 Å². The molecule has 0 saturated carbocycles. The molecule has 3 atom stereocenters. The van der Waals surface area contributed by atoms with Crippen molar-refractivity contribution in [1.82, 2.24) is 15.5 Å². The largest absolute Gasteiger partial charge is 0.444 e. The predicted octanol–water partition coefficient (Wildman–Crippen LogP) is 6.66. The van der Waals surface area contributed by atoms with E-state index in [9.17, 15) is 14.4 Å². The van der Waals surface area contributed by atoms with Crippen molar-refractivity contribution in [2.45, 2.75) is 118 Å². The zero-order valence-electron chi connectivity index (χ0n) is 26.7. The molecule has 0 aliphatic rings. The quantitative estimate of drug-likeness (QED) is 0.301. The van der Waals surface area contributed by atoms with Crippen LogP contribution in [0.1, 0.15) is 96.5 Å². The van der Waals surface area contributed by atoms with Crippen LogP contribution in [0.25, 0.3) is 0 Å². The number of hydrogen-bond acceptors (Lipinski definition) is 4. The Labute approximate surface area is 247 Å². The molecule has 226 valence electrons. The Morgan fingerprint density at radius 2 is 1.49 bits per heavy atom. The fourth-order valence-corrected chi connectivity index (χ4v) is 4.73. The molecule has 0 saturated heterocycles. The van der Waals surface area contributed by atoms with E-state index in [1.807, 2.05) is 83.1 Å². The molecule has 2 aromatic carbocycles. The number of hydrogen-bond donors (Lipinski definition) is 2. The van der Waals surface area contributed by atoms with Crippen molar-refractivity contribution in [3.05, 3.63) is 70.8 Å². The predicted molar refractivity (Wildman–Crippen MR) is 166 cm³/mol. The Morgan fingerprint density at radius 3 is 2.02 bits per heavy atom. The summed E-state index contributed by atoms with van der Waals surface area (Å²) in [5.74, 6) is -0.138. The number of nitrogens with zero attached hydrogens (tertiary/aromatic N) is 1. The van der Waals surface area contributed by atoms with E-state index in [1.165, 1.54) is 0 Å². The third-order valence-electron chi connectivity index (χ3n) is 6.97. The number of aryl methyl sites for hydroxylation is 2. The molecule has 0 radical (unpaired) electrons. The molecule has 2 N–H and O–H groups in total. The van der Waals surface area contributed by atoms with Crippen molar-refractivity contribution in [2.24, 2.45) is 5.92 Å². The fraction of sp³-hybridized carbons (Fsp3) is 0.559. The summed E-state index contributed by atoms with van der Waals surface area (Å²) in [6, 6.07) is 13.3. The molecule has 0 spiro atoms. The van der Waals surface area contributed by atoms with Gasteiger partial charge in [0.2, 0.25) is 11.8 Å². The summed E-state index contributed by atoms with van der Waals surface area (Å²) < 4.78 is 5.55. The van der Waals surface area contributed by atoms with Crippen LogP contribution in [0.4, 0.5) is 4.79 Å². The van der Waals surface area contributed by atoms with Gasteiger partial charge in [0, 0.05) is 18.5 Å². The third kappa shape index (κ3) is 10.9. The molecule has 41 heavy (non-hydrogen) atoms. The summed E-state index contributed by atoms with van der Waals surface area (Å²) >= 11 is 0. The number of carbonyl (C=O) groups excluding carboxylic acids is 3. The van der Waals surface area contributed by atoms with Crippen LogP contribution in [0.3, 0.4) is 0 Å². The second-order valence-corrected chi connectivity index (χ2v) is 12.9. The normalized spacial score (nSPS) is 13.9. The molecular formula is C34H51N3O4. The van der Waals surface area contributed by atoms with Gasteiger partial charge in [0.15, 0.2) is 0 Å². The number of alkyl carbamates (subject to hydrolysis) is 1. The van der Waals surface area contributed by atoms with Crippen LogP contribution in [0, 0.1) is 19.8 Å². The molecule has 0 fully saturated rings. The second kappa shape index (κ2) is 15.0. The Morgan fingerprint density at radius 1 is 0.854 bits per heavy atom. The van der Waals surface area contributed by atoms with E-state index in [4.69, 9.17) is 4.74 Å². The molecule has 3 amide bonds. The van der Waals surface area contributed by atoms with E-state index >= 15 is 0 Å². The standard InChI is InChI=1S/C34H51N3O4/c1-22(2)16-18-26(7)37(30(31(38)35-23(3)4)28-19-17-24(5)25(6)20-28)32(39)29(21-27-14-12-11-13-15-27)36-33(40)41-34(8,9)10/h11-15,17,19-20,22-23,26,29-30H,16,18,21H2,1-10H3,(H,35,38)(H,36,40). The first kappa shape index (κ1) is 33.9. The van der Waals surface area contributed by atoms with Crippen molar-refractivity contribution in [3.8, 4) is 0 Å². The smallest absolute Gasteiger partial charge is 0.408 e. The van der Waals surface area contributed by atoms with Crippen LogP contribution in [0.2, 0.25) is 0 Å². The minimum Gasteiger partial charge on any atom is -0.444 e. The molecule has 2 rings (SSSR count). The van der Waals surface area contributed by atoms with Crippen LogP contribution < -0.4 is 10.6 Å². The highest BCUT2D eigenvalue weighted by molar-refractivity contribution is 5.92. The summed E-state index contributed by atoms with van der Waals surface area (Å²) in [6.45, 7) is 19.5. The minimum absolute atomic E-state index is 0.112. The molecule has 0 heterocycles. The SMILES string of the molecule is Cc1ccc(C(C(=O)NC(C)C)N(C(=O)C(Cc2ccccc2)NC(=O)OC(C)(C)C)C(C)CCC(C)C)cc1C. The maximum absolute atomic E-state index is 14.7. The van der Waals surface area contributed by atoms with Crippen LogP contribution in [-0.2, 0) is 20.7 Å². The van der Waals surface area contributed by atoms with Gasteiger partial charge in [0.1, 0.15) is 17.7 Å². The highest BCUT2D eigenvalue weighted by Gasteiger charge is 2.39. The van der Waals surface area contributed by atoms with E-state index < -0.39 is 23.8 Å². The van der Waals surface area contributed by atoms with Gasteiger partial charge in [-0.1, -0.05) is 62.4 Å². The average molecular weight is 566 g/mol. The Bertz CT molecular complexity index is 1150. The summed E-state index contributed by atoms with van der Waals surface area (Å²) in [7, 11) is 0. The van der Waals surface area contributed by atoms with Crippen molar-refractivity contribution in [1.29, 1.82) is 0 Å². The van der Waals surface area contributed by atoms with Gasteiger partial charge >= 0.3 is 6.09 Å². The topological polar surface area (TPSA) is 87.7 Å². The summed E-state index contributed by atoms with van der Waals surface area (Å²) in [5, 5.41) is 5.89. The van der Waals surface area contributed by atoms with Gasteiger partial charge in [-0.2, -0.15) is 0 Å². The number of benzene rings is 2. The zero-order valence-corrected chi connectivity index (χ0v) is 26.7. The molecule has 2 aromatic rings. The molecule has 3 unspecified atom stereocenters. The highest BCUT2D eigenvalue weighted by atomic mass is 16.6. The van der Waals surface area contributed by atoms with Gasteiger partial charge in [0.25, 0.3) is 0 Å². The van der Waals surface area contributed by atoms with Gasteiger partial charge in [-0.25, -0.2) is 4.79 Å². The lowest BCUT2D eigenvalue weighted by Crippen LogP contribution is -2.56. The first-order valence-electron chi connectivity index (χ1n) is 14.8. The zero-order chi connectivity index (χ0) is 30.9. The van der Waals surface area contributed by atoms with E-state index in [0.29, 0.717) is 12.3 Å². The maximum atomic E-state index is 14.7. The molecular weight excluding hydrogens is 514 g/mol. The molecule has 0 aliphatic heterocycles. The number of ether oxygens (including phenoxy) is 1. The lowest BCUT2D eigenvalue weighted by Gasteiger charge is -2.39. The number of nitrogens with one attached hydrogen (secondary N) is 2. The molecule has 0 bridgehead atoms. The van der Waals surface area contributed by atoms with Gasteiger partial charge in [-0.15, -0.1) is 0 Å². The monoisotopic (exact) mass is 565 g/mol. The average Bonchev–Trinajstić information content (AvgIpc) is 2.85. The van der Waals surface area contributed by atoms with Crippen molar-refractivity contribution in [2.75, 3.05) is 0 Å². The maximum Gasteiger partial charge on any atom is 0.408 e. The van der Waals surface area contributed by atoms with Crippen molar-refractivity contribution in [3.63, 3.8) is 0 Å². The van der Waals surface area contributed by atoms with Gasteiger partial charge < -0.3 is 20.3 Å². The van der Waals surface area contributed by atoms with Gasteiger partial charge in [0.05, 0.1) is 0 Å². The Kier molecular flexibility index (Phi) is 12.4. The van der Waals surface area contributed by atoms with Crippen molar-refractivity contribution >= 4 is 17.9 Å². The lowest BCUT2D eigenvalue weighted by atomic mass is 9.94. The first-order valence-corrected chi connectivity index (χ1v) is 14.8. The molecule has 7 nitrogen and oxygen atoms in total. The van der Waals surface area contributed by atoms with Gasteiger partial charge in [-0.3, -0.25) is 9.59 Å². The van der Waals surface area contributed by atoms with Crippen LogP contribution in [0.15, 0.2) is 48.5 Å².